The van der Waals surface area contributed by atoms with E-state index in [0.29, 0.717) is 43.2 Å². The largest absolute Gasteiger partial charge is 0.497 e. The van der Waals surface area contributed by atoms with Gasteiger partial charge in [-0.2, -0.15) is 9.30 Å². The van der Waals surface area contributed by atoms with Gasteiger partial charge in [-0.15, -0.1) is 11.8 Å². The topological polar surface area (TPSA) is 90.2 Å². The van der Waals surface area contributed by atoms with Crippen molar-refractivity contribution in [3.63, 3.8) is 0 Å². The van der Waals surface area contributed by atoms with Crippen molar-refractivity contribution in [3.8, 4) is 5.75 Å². The highest BCUT2D eigenvalue weighted by atomic mass is 32.2. The Labute approximate surface area is 220 Å². The Morgan fingerprint density at radius 2 is 1.89 bits per heavy atom. The first-order valence-corrected chi connectivity index (χ1v) is 15.3. The molecule has 0 atom stereocenters. The van der Waals surface area contributed by atoms with E-state index in [1.54, 1.807) is 36.0 Å². The molecule has 1 fully saturated rings. The van der Waals surface area contributed by atoms with Gasteiger partial charge in [0.15, 0.2) is 4.80 Å². The van der Waals surface area contributed by atoms with E-state index in [4.69, 9.17) is 9.47 Å². The van der Waals surface area contributed by atoms with E-state index in [1.165, 1.54) is 22.8 Å². The molecule has 0 saturated carbocycles. The highest BCUT2D eigenvalue weighted by Crippen LogP contribution is 2.27. The summed E-state index contributed by atoms with van der Waals surface area (Å²) < 4.78 is 41.3. The van der Waals surface area contributed by atoms with E-state index >= 15 is 0 Å². The molecule has 11 heteroatoms. The van der Waals surface area contributed by atoms with E-state index in [9.17, 15) is 13.2 Å². The number of ether oxygens (including phenoxy) is 2. The molecule has 1 aliphatic rings. The van der Waals surface area contributed by atoms with Crippen LogP contribution in [0.25, 0.3) is 10.2 Å². The maximum atomic E-state index is 13.2. The third kappa shape index (κ3) is 5.86. The number of fused-ring (bicyclic) bond motifs is 1. The Morgan fingerprint density at radius 3 is 2.53 bits per heavy atom. The smallest absolute Gasteiger partial charge is 0.251 e. The summed E-state index contributed by atoms with van der Waals surface area (Å²) in [6.45, 7) is 4.30. The van der Waals surface area contributed by atoms with Gasteiger partial charge in [0, 0.05) is 37.1 Å². The van der Waals surface area contributed by atoms with Gasteiger partial charge in [0.2, 0.25) is 10.0 Å². The second-order valence-electron chi connectivity index (χ2n) is 8.37. The Balaban J connectivity index is 1.51. The third-order valence-corrected chi connectivity index (χ3v) is 9.94. The summed E-state index contributed by atoms with van der Waals surface area (Å²) in [5, 5.41) is 0. The number of thiazole rings is 1. The fraction of sp³-hybridized carbons (Fsp3) is 0.440. The molecule has 1 saturated heterocycles. The number of sulfonamides is 1. The van der Waals surface area contributed by atoms with Crippen LogP contribution in [0, 0.1) is 5.92 Å². The van der Waals surface area contributed by atoms with Crippen LogP contribution in [0.2, 0.25) is 0 Å². The van der Waals surface area contributed by atoms with Crippen LogP contribution in [0.4, 0.5) is 0 Å². The van der Waals surface area contributed by atoms with Gasteiger partial charge >= 0.3 is 0 Å². The summed E-state index contributed by atoms with van der Waals surface area (Å²) in [7, 11) is -2.08. The van der Waals surface area contributed by atoms with E-state index < -0.39 is 10.0 Å². The number of piperidine rings is 1. The van der Waals surface area contributed by atoms with Crippen LogP contribution in [0.15, 0.2) is 57.2 Å². The van der Waals surface area contributed by atoms with Crippen LogP contribution in [0.5, 0.6) is 5.75 Å². The summed E-state index contributed by atoms with van der Waals surface area (Å²) in [6, 6.07) is 12.6. The number of amides is 1. The van der Waals surface area contributed by atoms with Crippen LogP contribution in [0.3, 0.4) is 0 Å². The van der Waals surface area contributed by atoms with Crippen molar-refractivity contribution >= 4 is 49.2 Å². The van der Waals surface area contributed by atoms with Crippen molar-refractivity contribution in [1.82, 2.24) is 8.87 Å². The fourth-order valence-corrected chi connectivity index (χ4v) is 7.29. The molecule has 3 aromatic rings. The predicted octanol–water partition coefficient (Wildman–Crippen LogP) is 4.00. The zero-order valence-corrected chi connectivity index (χ0v) is 23.1. The van der Waals surface area contributed by atoms with Gasteiger partial charge in [-0.05, 0) is 68.5 Å². The first kappa shape index (κ1) is 26.9. The average molecular weight is 550 g/mol. The van der Waals surface area contributed by atoms with E-state index in [1.807, 2.05) is 17.7 Å². The van der Waals surface area contributed by atoms with Gasteiger partial charge in [0.05, 0.1) is 28.8 Å². The predicted molar refractivity (Wildman–Crippen MR) is 143 cm³/mol. The van der Waals surface area contributed by atoms with Gasteiger partial charge in [-0.1, -0.05) is 11.3 Å². The second-order valence-corrected chi connectivity index (χ2v) is 12.2. The molecule has 0 unspecified atom stereocenters. The lowest BCUT2D eigenvalue weighted by atomic mass is 9.98. The lowest BCUT2D eigenvalue weighted by Crippen LogP contribution is -2.40. The molecule has 1 aliphatic heterocycles. The van der Waals surface area contributed by atoms with Crippen molar-refractivity contribution in [2.45, 2.75) is 36.1 Å². The number of hydrogen-bond donors (Lipinski definition) is 0. The molecule has 0 N–H and O–H groups in total. The molecule has 4 rings (SSSR count). The Morgan fingerprint density at radius 1 is 1.17 bits per heavy atom. The maximum absolute atomic E-state index is 13.2. The first-order valence-electron chi connectivity index (χ1n) is 11.8. The molecule has 8 nitrogen and oxygen atoms in total. The number of aromatic nitrogens is 1. The van der Waals surface area contributed by atoms with Gasteiger partial charge in [0.1, 0.15) is 5.75 Å². The molecule has 2 aromatic carbocycles. The molecule has 0 spiro atoms. The van der Waals surface area contributed by atoms with Gasteiger partial charge in [-0.3, -0.25) is 4.79 Å². The van der Waals surface area contributed by atoms with E-state index in [-0.39, 0.29) is 29.8 Å². The van der Waals surface area contributed by atoms with Crippen molar-refractivity contribution in [2.75, 3.05) is 39.7 Å². The fourth-order valence-electron chi connectivity index (χ4n) is 4.21. The molecule has 194 valence electrons. The second kappa shape index (κ2) is 11.9. The van der Waals surface area contributed by atoms with Gasteiger partial charge in [0.25, 0.3) is 5.91 Å². The molecule has 36 heavy (non-hydrogen) atoms. The molecule has 0 radical (unpaired) electrons. The van der Waals surface area contributed by atoms with Crippen molar-refractivity contribution in [1.29, 1.82) is 0 Å². The van der Waals surface area contributed by atoms with Crippen molar-refractivity contribution < 1.29 is 22.7 Å². The standard InChI is InChI=1S/C25H31N3O5S3/c1-4-33-16-15-28-22-10-7-20(34-3)17-23(22)35-25(28)26-24(29)18-11-13-27(14-12-18)36(30,31)21-8-5-19(32-2)6-9-21/h5-10,17-18H,4,11-16H2,1-3H3. The number of methoxy groups -OCH3 is 1. The molecule has 0 aliphatic carbocycles. The molecular weight excluding hydrogens is 518 g/mol. The summed E-state index contributed by atoms with van der Waals surface area (Å²) in [4.78, 5) is 19.7. The summed E-state index contributed by atoms with van der Waals surface area (Å²) in [6.07, 6.45) is 2.92. The van der Waals surface area contributed by atoms with Crippen LogP contribution in [-0.2, 0) is 26.1 Å². The number of thioether (sulfide) groups is 1. The molecule has 0 bridgehead atoms. The molecule has 1 amide bonds. The van der Waals surface area contributed by atoms with E-state index in [2.05, 4.69) is 23.2 Å². The monoisotopic (exact) mass is 549 g/mol. The van der Waals surface area contributed by atoms with Crippen LogP contribution in [0.1, 0.15) is 19.8 Å². The zero-order chi connectivity index (χ0) is 25.7. The van der Waals surface area contributed by atoms with Crippen LogP contribution >= 0.6 is 23.1 Å². The minimum atomic E-state index is -3.62. The Hall–Kier alpha value is -2.18. The number of carbonyl (C=O) groups excluding carboxylic acids is 1. The number of hydrogen-bond acceptors (Lipinski definition) is 7. The molecule has 1 aromatic heterocycles. The minimum absolute atomic E-state index is 0.196. The van der Waals surface area contributed by atoms with Crippen molar-refractivity contribution in [2.24, 2.45) is 10.9 Å². The SMILES string of the molecule is CCOCCn1c(=NC(=O)C2CCN(S(=O)(=O)c3ccc(OC)cc3)CC2)sc2cc(SC)ccc21. The zero-order valence-electron chi connectivity index (χ0n) is 20.7. The van der Waals surface area contributed by atoms with Crippen molar-refractivity contribution in [3.05, 3.63) is 47.3 Å². The van der Waals surface area contributed by atoms with Crippen LogP contribution < -0.4 is 9.54 Å². The third-order valence-electron chi connectivity index (χ3n) is 6.26. The lowest BCUT2D eigenvalue weighted by molar-refractivity contribution is -0.122. The highest BCUT2D eigenvalue weighted by Gasteiger charge is 2.32. The maximum Gasteiger partial charge on any atom is 0.251 e. The molecule has 2 heterocycles. The normalized spacial score (nSPS) is 16.0. The summed E-state index contributed by atoms with van der Waals surface area (Å²) in [5.41, 5.74) is 1.03. The Bertz CT molecular complexity index is 1370. The number of carbonyl (C=O) groups is 1. The van der Waals surface area contributed by atoms with E-state index in [0.717, 1.165) is 15.1 Å². The lowest BCUT2D eigenvalue weighted by Gasteiger charge is -2.29. The summed E-state index contributed by atoms with van der Waals surface area (Å²) >= 11 is 3.17. The highest BCUT2D eigenvalue weighted by molar-refractivity contribution is 7.98. The number of benzene rings is 2. The minimum Gasteiger partial charge on any atom is -0.497 e. The average Bonchev–Trinajstić information content (AvgIpc) is 3.24. The van der Waals surface area contributed by atoms with Gasteiger partial charge < -0.3 is 14.0 Å². The quantitative estimate of drug-likeness (QED) is 0.296. The molecular formula is C25H31N3O5S3. The number of nitrogens with zero attached hydrogens (tertiary/aromatic N) is 3. The van der Waals surface area contributed by atoms with Crippen LogP contribution in [-0.4, -0.2) is 62.9 Å². The van der Waals surface area contributed by atoms with Gasteiger partial charge in [-0.25, -0.2) is 8.42 Å². The Kier molecular flexibility index (Phi) is 8.89. The first-order chi connectivity index (χ1) is 17.4. The number of rotatable bonds is 9. The summed E-state index contributed by atoms with van der Waals surface area (Å²) in [5.74, 6) is 0.0993.